The molecule has 2 aromatic carbocycles. The van der Waals surface area contributed by atoms with Crippen molar-refractivity contribution in [3.05, 3.63) is 59.4 Å². The van der Waals surface area contributed by atoms with Crippen molar-refractivity contribution in [2.75, 3.05) is 10.6 Å². The Morgan fingerprint density at radius 1 is 1.10 bits per heavy atom. The van der Waals surface area contributed by atoms with Gasteiger partial charge in [0.1, 0.15) is 5.82 Å². The van der Waals surface area contributed by atoms with Crippen molar-refractivity contribution in [3.63, 3.8) is 0 Å². The van der Waals surface area contributed by atoms with Gasteiger partial charge in [-0.25, -0.2) is 13.2 Å². The number of hydrogen-bond donors (Lipinski definition) is 2. The number of nitrogens with one attached hydrogen (secondary N) is 2. The Morgan fingerprint density at radius 3 is 2.57 bits per heavy atom. The van der Waals surface area contributed by atoms with Crippen LogP contribution in [0.5, 0.6) is 0 Å². The number of amides is 1. The minimum Gasteiger partial charge on any atom is -0.381 e. The Morgan fingerprint density at radius 2 is 1.86 bits per heavy atom. The Balaban J connectivity index is 2.13. The molecular formula is C15H13F3N2O. The van der Waals surface area contributed by atoms with Gasteiger partial charge in [-0.15, -0.1) is 0 Å². The predicted octanol–water partition coefficient (Wildman–Crippen LogP) is 3.67. The standard InChI is InChI=1S/C15H13F3N2O/c1-9(21)20-14-7-11(5-6-12(14)16)19-8-10-3-2-4-13(17)15(10)18/h2-7,19H,8H2,1H3,(H,20,21). The van der Waals surface area contributed by atoms with E-state index in [1.54, 1.807) is 0 Å². The SMILES string of the molecule is CC(=O)Nc1cc(NCc2cccc(F)c2F)ccc1F. The summed E-state index contributed by atoms with van der Waals surface area (Å²) < 4.78 is 40.0. The summed E-state index contributed by atoms with van der Waals surface area (Å²) in [5.74, 6) is -2.82. The van der Waals surface area contributed by atoms with Crippen LogP contribution in [0.15, 0.2) is 36.4 Å². The van der Waals surface area contributed by atoms with Gasteiger partial charge >= 0.3 is 0 Å². The Kier molecular flexibility index (Phi) is 4.47. The first-order chi connectivity index (χ1) is 9.97. The van der Waals surface area contributed by atoms with Crippen LogP contribution in [0.2, 0.25) is 0 Å². The van der Waals surface area contributed by atoms with Crippen molar-refractivity contribution in [2.45, 2.75) is 13.5 Å². The number of benzene rings is 2. The van der Waals surface area contributed by atoms with Crippen LogP contribution in [0, 0.1) is 17.5 Å². The van der Waals surface area contributed by atoms with Crippen LogP contribution in [-0.2, 0) is 11.3 Å². The molecule has 0 aromatic heterocycles. The van der Waals surface area contributed by atoms with Gasteiger partial charge in [0.05, 0.1) is 5.69 Å². The van der Waals surface area contributed by atoms with E-state index in [0.717, 1.165) is 6.07 Å². The van der Waals surface area contributed by atoms with Gasteiger partial charge in [0.2, 0.25) is 5.91 Å². The van der Waals surface area contributed by atoms with Gasteiger partial charge < -0.3 is 10.6 Å². The lowest BCUT2D eigenvalue weighted by Crippen LogP contribution is -2.08. The molecule has 0 spiro atoms. The largest absolute Gasteiger partial charge is 0.381 e. The monoisotopic (exact) mass is 294 g/mol. The number of carbonyl (C=O) groups excluding carboxylic acids is 1. The summed E-state index contributed by atoms with van der Waals surface area (Å²) in [6, 6.07) is 7.89. The molecule has 0 unspecified atom stereocenters. The molecule has 0 saturated carbocycles. The van der Waals surface area contributed by atoms with E-state index in [-0.39, 0.29) is 17.8 Å². The summed E-state index contributed by atoms with van der Waals surface area (Å²) in [4.78, 5) is 10.9. The fraction of sp³-hybridized carbons (Fsp3) is 0.133. The second kappa shape index (κ2) is 6.30. The maximum Gasteiger partial charge on any atom is 0.221 e. The molecule has 0 aliphatic rings. The Hall–Kier alpha value is -2.50. The number of rotatable bonds is 4. The lowest BCUT2D eigenvalue weighted by Gasteiger charge is -2.10. The van der Waals surface area contributed by atoms with Crippen LogP contribution in [0.4, 0.5) is 24.5 Å². The second-order valence-corrected chi connectivity index (χ2v) is 4.44. The van der Waals surface area contributed by atoms with Crippen LogP contribution in [0.3, 0.4) is 0 Å². The molecule has 0 aliphatic heterocycles. The lowest BCUT2D eigenvalue weighted by molar-refractivity contribution is -0.114. The smallest absolute Gasteiger partial charge is 0.221 e. The summed E-state index contributed by atoms with van der Waals surface area (Å²) in [6.07, 6.45) is 0. The zero-order chi connectivity index (χ0) is 15.4. The van der Waals surface area contributed by atoms with E-state index in [1.807, 2.05) is 0 Å². The van der Waals surface area contributed by atoms with E-state index in [0.29, 0.717) is 5.69 Å². The fourth-order valence-corrected chi connectivity index (χ4v) is 1.80. The first-order valence-electron chi connectivity index (χ1n) is 6.21. The number of halogens is 3. The van der Waals surface area contributed by atoms with Gasteiger partial charge in [0, 0.05) is 24.7 Å². The maximum atomic E-state index is 13.5. The molecule has 21 heavy (non-hydrogen) atoms. The summed E-state index contributed by atoms with van der Waals surface area (Å²) >= 11 is 0. The van der Waals surface area contributed by atoms with E-state index in [9.17, 15) is 18.0 Å². The van der Waals surface area contributed by atoms with Crippen molar-refractivity contribution in [2.24, 2.45) is 0 Å². The predicted molar refractivity (Wildman–Crippen MR) is 74.4 cm³/mol. The van der Waals surface area contributed by atoms with Gasteiger partial charge in [0.25, 0.3) is 0 Å². The average Bonchev–Trinajstić information content (AvgIpc) is 2.43. The molecule has 2 N–H and O–H groups in total. The quantitative estimate of drug-likeness (QED) is 0.903. The lowest BCUT2D eigenvalue weighted by atomic mass is 10.2. The number of anilines is 2. The molecule has 0 aliphatic carbocycles. The van der Waals surface area contributed by atoms with Crippen LogP contribution < -0.4 is 10.6 Å². The van der Waals surface area contributed by atoms with Crippen molar-refractivity contribution in [1.29, 1.82) is 0 Å². The molecule has 6 heteroatoms. The normalized spacial score (nSPS) is 10.3. The summed E-state index contributed by atoms with van der Waals surface area (Å²) in [5.41, 5.74) is 0.649. The molecule has 110 valence electrons. The molecule has 0 atom stereocenters. The van der Waals surface area contributed by atoms with Crippen LogP contribution in [-0.4, -0.2) is 5.91 Å². The minimum absolute atomic E-state index is 0.0206. The Bertz CT molecular complexity index is 674. The van der Waals surface area contributed by atoms with Gasteiger partial charge in [0.15, 0.2) is 11.6 Å². The highest BCUT2D eigenvalue weighted by Gasteiger charge is 2.08. The third kappa shape index (κ3) is 3.75. The summed E-state index contributed by atoms with van der Waals surface area (Å²) in [7, 11) is 0. The second-order valence-electron chi connectivity index (χ2n) is 4.44. The van der Waals surface area contributed by atoms with Gasteiger partial charge in [-0.3, -0.25) is 4.79 Å². The molecule has 0 radical (unpaired) electrons. The summed E-state index contributed by atoms with van der Waals surface area (Å²) in [5, 5.41) is 5.19. The molecule has 0 saturated heterocycles. The van der Waals surface area contributed by atoms with Crippen LogP contribution >= 0.6 is 0 Å². The molecule has 2 aromatic rings. The third-order valence-corrected chi connectivity index (χ3v) is 2.79. The van der Waals surface area contributed by atoms with E-state index < -0.39 is 23.4 Å². The first-order valence-corrected chi connectivity index (χ1v) is 6.21. The van der Waals surface area contributed by atoms with E-state index >= 15 is 0 Å². The fourth-order valence-electron chi connectivity index (χ4n) is 1.80. The first kappa shape index (κ1) is 14.9. The van der Waals surface area contributed by atoms with Crippen LogP contribution in [0.1, 0.15) is 12.5 Å². The maximum absolute atomic E-state index is 13.5. The zero-order valence-corrected chi connectivity index (χ0v) is 11.2. The Labute approximate surface area is 119 Å². The van der Waals surface area contributed by atoms with Gasteiger partial charge in [-0.05, 0) is 24.3 Å². The molecule has 0 bridgehead atoms. The third-order valence-electron chi connectivity index (χ3n) is 2.79. The van der Waals surface area contributed by atoms with Crippen molar-refractivity contribution < 1.29 is 18.0 Å². The zero-order valence-electron chi connectivity index (χ0n) is 11.2. The van der Waals surface area contributed by atoms with Crippen LogP contribution in [0.25, 0.3) is 0 Å². The topological polar surface area (TPSA) is 41.1 Å². The molecule has 0 heterocycles. The van der Waals surface area contributed by atoms with Gasteiger partial charge in [-0.2, -0.15) is 0 Å². The molecule has 3 nitrogen and oxygen atoms in total. The minimum atomic E-state index is -0.924. The average molecular weight is 294 g/mol. The van der Waals surface area contributed by atoms with E-state index in [4.69, 9.17) is 0 Å². The molecule has 2 rings (SSSR count). The molecule has 1 amide bonds. The number of hydrogen-bond acceptors (Lipinski definition) is 2. The highest BCUT2D eigenvalue weighted by Crippen LogP contribution is 2.21. The summed E-state index contributed by atoms with van der Waals surface area (Å²) in [6.45, 7) is 1.30. The molecule has 0 fully saturated rings. The number of carbonyl (C=O) groups is 1. The molecular weight excluding hydrogens is 281 g/mol. The van der Waals surface area contributed by atoms with Crippen molar-refractivity contribution >= 4 is 17.3 Å². The van der Waals surface area contributed by atoms with E-state index in [1.165, 1.54) is 37.3 Å². The van der Waals surface area contributed by atoms with E-state index in [2.05, 4.69) is 10.6 Å². The van der Waals surface area contributed by atoms with Crippen molar-refractivity contribution in [1.82, 2.24) is 0 Å². The van der Waals surface area contributed by atoms with Gasteiger partial charge in [-0.1, -0.05) is 12.1 Å². The van der Waals surface area contributed by atoms with Crippen molar-refractivity contribution in [3.8, 4) is 0 Å². The highest BCUT2D eigenvalue weighted by atomic mass is 19.2. The highest BCUT2D eigenvalue weighted by molar-refractivity contribution is 5.89.